The van der Waals surface area contributed by atoms with Crippen molar-refractivity contribution in [3.8, 4) is 0 Å². The average molecular weight is 420 g/mol. The molecule has 4 heteroatoms. The van der Waals surface area contributed by atoms with Gasteiger partial charge in [-0.1, -0.05) is 91.0 Å². The molecular formula is C26H30ClN3. The number of halogens is 1. The maximum Gasteiger partial charge on any atom is 0.351 e. The van der Waals surface area contributed by atoms with Gasteiger partial charge in [-0.15, -0.1) is 0 Å². The standard InChI is InChI=1S/C26H30N3.ClH/c1-20(21-14-8-5-9-15-21)27(2)26-28(3)24(22-16-10-6-11-17-22)25(29(26)4)23-18-12-7-13-19-23;/h5-20,24-25H,1-4H3;1H/q+1;/p-1/t20-,24-,25-;/m0./s1. The van der Waals surface area contributed by atoms with Gasteiger partial charge in [0, 0.05) is 0 Å². The lowest BCUT2D eigenvalue weighted by atomic mass is 9.93. The number of guanidine groups is 1. The molecule has 156 valence electrons. The van der Waals surface area contributed by atoms with Gasteiger partial charge in [-0.25, -0.2) is 0 Å². The zero-order chi connectivity index (χ0) is 20.4. The minimum absolute atomic E-state index is 0. The van der Waals surface area contributed by atoms with Crippen LogP contribution in [0.3, 0.4) is 0 Å². The molecule has 0 radical (unpaired) electrons. The molecule has 0 aliphatic carbocycles. The quantitative estimate of drug-likeness (QED) is 0.599. The fraction of sp³-hybridized carbons (Fsp3) is 0.269. The molecule has 0 fully saturated rings. The molecule has 1 aliphatic rings. The van der Waals surface area contributed by atoms with Gasteiger partial charge in [0.15, 0.2) is 0 Å². The summed E-state index contributed by atoms with van der Waals surface area (Å²) in [5.41, 5.74) is 4.00. The van der Waals surface area contributed by atoms with Crippen LogP contribution in [0.4, 0.5) is 0 Å². The van der Waals surface area contributed by atoms with E-state index >= 15 is 0 Å². The summed E-state index contributed by atoms with van der Waals surface area (Å²) in [5.74, 6) is 1.24. The zero-order valence-electron chi connectivity index (χ0n) is 18.1. The third-order valence-electron chi connectivity index (χ3n) is 6.23. The summed E-state index contributed by atoms with van der Waals surface area (Å²) in [5, 5.41) is 0. The minimum atomic E-state index is 0. The van der Waals surface area contributed by atoms with Gasteiger partial charge in [-0.2, -0.15) is 0 Å². The number of benzene rings is 3. The highest BCUT2D eigenvalue weighted by atomic mass is 35.5. The summed E-state index contributed by atoms with van der Waals surface area (Å²) in [4.78, 5) is 4.83. The van der Waals surface area contributed by atoms with Gasteiger partial charge in [-0.3, -0.25) is 14.4 Å². The topological polar surface area (TPSA) is 9.49 Å². The molecule has 0 saturated heterocycles. The molecule has 1 heterocycles. The lowest BCUT2D eigenvalue weighted by molar-refractivity contribution is -0.543. The summed E-state index contributed by atoms with van der Waals surface area (Å²) < 4.78 is 2.44. The fourth-order valence-corrected chi connectivity index (χ4v) is 4.66. The minimum Gasteiger partial charge on any atom is -1.00 e. The molecule has 0 aromatic heterocycles. The van der Waals surface area contributed by atoms with E-state index in [1.807, 2.05) is 0 Å². The van der Waals surface area contributed by atoms with Crippen LogP contribution in [0.5, 0.6) is 0 Å². The van der Waals surface area contributed by atoms with Crippen LogP contribution in [-0.4, -0.2) is 41.5 Å². The van der Waals surface area contributed by atoms with E-state index in [0.29, 0.717) is 0 Å². The molecule has 1 aliphatic heterocycles. The molecule has 0 bridgehead atoms. The van der Waals surface area contributed by atoms with Crippen molar-refractivity contribution in [3.05, 3.63) is 108 Å². The second-order valence-corrected chi connectivity index (χ2v) is 7.93. The predicted molar refractivity (Wildman–Crippen MR) is 120 cm³/mol. The van der Waals surface area contributed by atoms with Crippen molar-refractivity contribution < 1.29 is 17.0 Å². The Morgan fingerprint density at radius 1 is 0.800 bits per heavy atom. The van der Waals surface area contributed by atoms with Crippen molar-refractivity contribution >= 4 is 5.96 Å². The Hall–Kier alpha value is -2.78. The number of likely N-dealkylation sites (N-methyl/N-ethyl adjacent to an activating group) is 2. The van der Waals surface area contributed by atoms with E-state index in [9.17, 15) is 0 Å². The Kier molecular flexibility index (Phi) is 6.84. The van der Waals surface area contributed by atoms with Crippen LogP contribution in [0.25, 0.3) is 0 Å². The molecule has 0 spiro atoms. The van der Waals surface area contributed by atoms with Crippen LogP contribution in [0.15, 0.2) is 91.0 Å². The van der Waals surface area contributed by atoms with Crippen LogP contribution in [0.1, 0.15) is 41.7 Å². The van der Waals surface area contributed by atoms with Crippen LogP contribution < -0.4 is 12.4 Å². The average Bonchev–Trinajstić information content (AvgIpc) is 3.04. The van der Waals surface area contributed by atoms with E-state index in [1.54, 1.807) is 0 Å². The van der Waals surface area contributed by atoms with E-state index in [4.69, 9.17) is 0 Å². The first-order chi connectivity index (χ1) is 14.1. The van der Waals surface area contributed by atoms with Crippen LogP contribution in [-0.2, 0) is 0 Å². The molecule has 3 nitrogen and oxygen atoms in total. The van der Waals surface area contributed by atoms with E-state index in [1.165, 1.54) is 22.6 Å². The van der Waals surface area contributed by atoms with Gasteiger partial charge < -0.3 is 12.4 Å². The molecule has 0 amide bonds. The SMILES string of the molecule is C[C@@H](c1ccccc1)N(C)C1=[N+](C)[C@@H](c2ccccc2)[C@H](c2ccccc2)N1C.[Cl-]. The fourth-order valence-electron chi connectivity index (χ4n) is 4.66. The Labute approximate surface area is 186 Å². The highest BCUT2D eigenvalue weighted by molar-refractivity contribution is 5.77. The molecule has 3 aromatic carbocycles. The molecule has 4 rings (SSSR count). The molecule has 3 atom stereocenters. The lowest BCUT2D eigenvalue weighted by Gasteiger charge is -2.27. The van der Waals surface area contributed by atoms with Crippen LogP contribution in [0, 0.1) is 0 Å². The number of hydrogen-bond acceptors (Lipinski definition) is 2. The van der Waals surface area contributed by atoms with Crippen molar-refractivity contribution in [3.63, 3.8) is 0 Å². The number of nitrogens with zero attached hydrogens (tertiary/aromatic N) is 3. The Morgan fingerprint density at radius 2 is 1.27 bits per heavy atom. The summed E-state index contributed by atoms with van der Waals surface area (Å²) >= 11 is 0. The maximum atomic E-state index is 2.44. The molecule has 0 N–H and O–H groups in total. The van der Waals surface area contributed by atoms with Gasteiger partial charge >= 0.3 is 5.96 Å². The summed E-state index contributed by atoms with van der Waals surface area (Å²) in [6, 6.07) is 33.2. The zero-order valence-corrected chi connectivity index (χ0v) is 18.9. The van der Waals surface area contributed by atoms with Gasteiger partial charge in [-0.05, 0) is 23.6 Å². The molecule has 30 heavy (non-hydrogen) atoms. The van der Waals surface area contributed by atoms with Gasteiger partial charge in [0.05, 0.1) is 27.2 Å². The largest absolute Gasteiger partial charge is 1.00 e. The first-order valence-electron chi connectivity index (χ1n) is 10.3. The first kappa shape index (κ1) is 21.9. The van der Waals surface area contributed by atoms with Gasteiger partial charge in [0.2, 0.25) is 0 Å². The first-order valence-corrected chi connectivity index (χ1v) is 10.3. The second-order valence-electron chi connectivity index (χ2n) is 7.93. The van der Waals surface area contributed by atoms with Crippen molar-refractivity contribution in [2.24, 2.45) is 0 Å². The van der Waals surface area contributed by atoms with Gasteiger partial charge in [0.25, 0.3) is 0 Å². The van der Waals surface area contributed by atoms with E-state index in [2.05, 4.69) is 133 Å². The summed E-state index contributed by atoms with van der Waals surface area (Å²) in [6.07, 6.45) is 0. The monoisotopic (exact) mass is 419 g/mol. The van der Waals surface area contributed by atoms with Crippen molar-refractivity contribution in [1.82, 2.24) is 9.80 Å². The number of rotatable bonds is 4. The lowest BCUT2D eigenvalue weighted by Crippen LogP contribution is -3.00. The van der Waals surface area contributed by atoms with E-state index < -0.39 is 0 Å². The maximum absolute atomic E-state index is 2.44. The van der Waals surface area contributed by atoms with Crippen molar-refractivity contribution in [2.75, 3.05) is 21.1 Å². The molecule has 0 saturated carbocycles. The predicted octanol–water partition coefficient (Wildman–Crippen LogP) is 2.11. The third-order valence-corrected chi connectivity index (χ3v) is 6.23. The Balaban J connectivity index is 0.00000256. The summed E-state index contributed by atoms with van der Waals surface area (Å²) in [7, 11) is 6.65. The normalized spacial score (nSPS) is 19.4. The Bertz CT molecular complexity index is 973. The van der Waals surface area contributed by atoms with Crippen molar-refractivity contribution in [1.29, 1.82) is 0 Å². The third kappa shape index (κ3) is 3.95. The molecule has 0 unspecified atom stereocenters. The molecule has 3 aromatic rings. The van der Waals surface area contributed by atoms with E-state index in [-0.39, 0.29) is 30.5 Å². The highest BCUT2D eigenvalue weighted by Crippen LogP contribution is 2.41. The van der Waals surface area contributed by atoms with Crippen LogP contribution in [0.2, 0.25) is 0 Å². The van der Waals surface area contributed by atoms with Crippen LogP contribution >= 0.6 is 0 Å². The summed E-state index contributed by atoms with van der Waals surface area (Å²) in [6.45, 7) is 2.28. The Morgan fingerprint density at radius 3 is 1.80 bits per heavy atom. The van der Waals surface area contributed by atoms with Crippen molar-refractivity contribution in [2.45, 2.75) is 25.0 Å². The van der Waals surface area contributed by atoms with Gasteiger partial charge in [0.1, 0.15) is 12.1 Å². The second kappa shape index (κ2) is 9.36. The number of hydrogen-bond donors (Lipinski definition) is 0. The highest BCUT2D eigenvalue weighted by Gasteiger charge is 2.47. The van der Waals surface area contributed by atoms with E-state index in [0.717, 1.165) is 0 Å². The molecular weight excluding hydrogens is 390 g/mol. The smallest absolute Gasteiger partial charge is 0.351 e.